The van der Waals surface area contributed by atoms with E-state index in [9.17, 15) is 0 Å². The van der Waals surface area contributed by atoms with Crippen LogP contribution in [0, 0.1) is 5.92 Å². The molecule has 0 aromatic rings. The van der Waals surface area contributed by atoms with Crippen LogP contribution in [0.5, 0.6) is 0 Å². The Kier molecular flexibility index (Phi) is 4.04. The second-order valence-electron chi connectivity index (χ2n) is 5.45. The van der Waals surface area contributed by atoms with Crippen molar-refractivity contribution in [2.24, 2.45) is 11.7 Å². The van der Waals surface area contributed by atoms with Crippen molar-refractivity contribution >= 4 is 0 Å². The maximum Gasteiger partial charge on any atom is 0.0221 e. The van der Waals surface area contributed by atoms with Gasteiger partial charge in [-0.1, -0.05) is 26.2 Å². The molecular formula is C13H26N2. The van der Waals surface area contributed by atoms with Crippen LogP contribution in [0.4, 0.5) is 0 Å². The fraction of sp³-hybridized carbons (Fsp3) is 1.00. The van der Waals surface area contributed by atoms with Crippen molar-refractivity contribution in [1.29, 1.82) is 0 Å². The second-order valence-corrected chi connectivity index (χ2v) is 5.45. The third kappa shape index (κ3) is 2.54. The third-order valence-electron chi connectivity index (χ3n) is 4.44. The Labute approximate surface area is 94.2 Å². The summed E-state index contributed by atoms with van der Waals surface area (Å²) in [5.74, 6) is 0.894. The predicted molar refractivity (Wildman–Crippen MR) is 64.8 cm³/mol. The lowest BCUT2D eigenvalue weighted by Gasteiger charge is -2.45. The molecule has 0 bridgehead atoms. The van der Waals surface area contributed by atoms with E-state index < -0.39 is 0 Å². The van der Waals surface area contributed by atoms with E-state index in [-0.39, 0.29) is 0 Å². The van der Waals surface area contributed by atoms with E-state index in [1.54, 1.807) is 0 Å². The molecule has 2 N–H and O–H groups in total. The van der Waals surface area contributed by atoms with Crippen molar-refractivity contribution < 1.29 is 0 Å². The molecule has 3 unspecified atom stereocenters. The molecule has 1 saturated carbocycles. The molecule has 2 nitrogen and oxygen atoms in total. The lowest BCUT2D eigenvalue weighted by molar-refractivity contribution is 0.0475. The van der Waals surface area contributed by atoms with Crippen LogP contribution in [0.2, 0.25) is 0 Å². The zero-order valence-electron chi connectivity index (χ0n) is 10.1. The van der Waals surface area contributed by atoms with Gasteiger partial charge in [-0.2, -0.15) is 0 Å². The van der Waals surface area contributed by atoms with Gasteiger partial charge in [0.25, 0.3) is 0 Å². The Hall–Kier alpha value is -0.0800. The van der Waals surface area contributed by atoms with Crippen LogP contribution in [0.15, 0.2) is 0 Å². The van der Waals surface area contributed by atoms with E-state index >= 15 is 0 Å². The molecule has 1 heterocycles. The Morgan fingerprint density at radius 3 is 2.53 bits per heavy atom. The molecule has 0 aromatic heterocycles. The van der Waals surface area contributed by atoms with Gasteiger partial charge in [0.15, 0.2) is 0 Å². The van der Waals surface area contributed by atoms with Gasteiger partial charge in [0, 0.05) is 18.6 Å². The monoisotopic (exact) mass is 210 g/mol. The molecule has 0 radical (unpaired) electrons. The average molecular weight is 210 g/mol. The van der Waals surface area contributed by atoms with Crippen LogP contribution < -0.4 is 5.73 Å². The van der Waals surface area contributed by atoms with Crippen LogP contribution in [-0.4, -0.2) is 30.1 Å². The molecule has 15 heavy (non-hydrogen) atoms. The zero-order valence-corrected chi connectivity index (χ0v) is 10.1. The van der Waals surface area contributed by atoms with Gasteiger partial charge >= 0.3 is 0 Å². The Balaban J connectivity index is 1.99. The summed E-state index contributed by atoms with van der Waals surface area (Å²) in [5, 5.41) is 0. The molecular weight excluding hydrogens is 184 g/mol. The molecule has 1 aliphatic heterocycles. The summed E-state index contributed by atoms with van der Waals surface area (Å²) in [6.07, 6.45) is 9.83. The highest BCUT2D eigenvalue weighted by Crippen LogP contribution is 2.31. The van der Waals surface area contributed by atoms with Crippen molar-refractivity contribution in [3.8, 4) is 0 Å². The first-order valence-corrected chi connectivity index (χ1v) is 6.78. The highest BCUT2D eigenvalue weighted by atomic mass is 15.2. The van der Waals surface area contributed by atoms with Crippen molar-refractivity contribution in [3.05, 3.63) is 0 Å². The summed E-state index contributed by atoms with van der Waals surface area (Å²) >= 11 is 0. The summed E-state index contributed by atoms with van der Waals surface area (Å²) in [4.78, 5) is 2.74. The number of likely N-dealkylation sites (tertiary alicyclic amines) is 1. The SMILES string of the molecule is CC1CCCCC1N1CCCCC1CN. The summed E-state index contributed by atoms with van der Waals surface area (Å²) in [5.41, 5.74) is 5.90. The van der Waals surface area contributed by atoms with Crippen LogP contribution in [-0.2, 0) is 0 Å². The number of nitrogens with two attached hydrogens (primary N) is 1. The first-order chi connectivity index (χ1) is 7.33. The summed E-state index contributed by atoms with van der Waals surface area (Å²) in [7, 11) is 0. The zero-order chi connectivity index (χ0) is 10.7. The standard InChI is InChI=1S/C13H26N2/c1-11-6-2-3-8-13(11)15-9-5-4-7-12(15)10-14/h11-13H,2-10,14H2,1H3. The first-order valence-electron chi connectivity index (χ1n) is 6.78. The molecule has 0 spiro atoms. The number of piperidine rings is 1. The minimum atomic E-state index is 0.685. The molecule has 2 aliphatic rings. The van der Waals surface area contributed by atoms with Gasteiger partial charge in [0.05, 0.1) is 0 Å². The fourth-order valence-corrected chi connectivity index (χ4v) is 3.50. The molecule has 1 saturated heterocycles. The van der Waals surface area contributed by atoms with E-state index in [1.165, 1.54) is 51.5 Å². The highest BCUT2D eigenvalue weighted by Gasteiger charge is 2.32. The maximum atomic E-state index is 5.90. The third-order valence-corrected chi connectivity index (χ3v) is 4.44. The van der Waals surface area contributed by atoms with Gasteiger partial charge in [-0.15, -0.1) is 0 Å². The molecule has 2 rings (SSSR count). The fourth-order valence-electron chi connectivity index (χ4n) is 3.50. The van der Waals surface area contributed by atoms with Crippen molar-refractivity contribution in [3.63, 3.8) is 0 Å². The van der Waals surface area contributed by atoms with Crippen LogP contribution in [0.25, 0.3) is 0 Å². The topological polar surface area (TPSA) is 29.3 Å². The van der Waals surface area contributed by atoms with E-state index in [4.69, 9.17) is 5.73 Å². The quantitative estimate of drug-likeness (QED) is 0.758. The first kappa shape index (κ1) is 11.4. The number of hydrogen-bond acceptors (Lipinski definition) is 2. The Bertz CT molecular complexity index is 193. The smallest absolute Gasteiger partial charge is 0.0221 e. The van der Waals surface area contributed by atoms with E-state index in [1.807, 2.05) is 0 Å². The lowest BCUT2D eigenvalue weighted by atomic mass is 9.83. The van der Waals surface area contributed by atoms with Crippen LogP contribution in [0.1, 0.15) is 51.9 Å². The molecule has 2 fully saturated rings. The van der Waals surface area contributed by atoms with Gasteiger partial charge in [0.2, 0.25) is 0 Å². The van der Waals surface area contributed by atoms with Crippen molar-refractivity contribution in [2.75, 3.05) is 13.1 Å². The largest absolute Gasteiger partial charge is 0.329 e. The molecule has 0 amide bonds. The van der Waals surface area contributed by atoms with Gasteiger partial charge in [-0.25, -0.2) is 0 Å². The molecule has 1 aliphatic carbocycles. The second kappa shape index (κ2) is 5.31. The normalized spacial score (nSPS) is 39.2. The van der Waals surface area contributed by atoms with Gasteiger partial charge in [-0.05, 0) is 38.1 Å². The Morgan fingerprint density at radius 2 is 1.80 bits per heavy atom. The van der Waals surface area contributed by atoms with E-state index in [0.29, 0.717) is 6.04 Å². The average Bonchev–Trinajstić information content (AvgIpc) is 2.30. The summed E-state index contributed by atoms with van der Waals surface area (Å²) in [6.45, 7) is 4.60. The summed E-state index contributed by atoms with van der Waals surface area (Å²) < 4.78 is 0. The predicted octanol–water partition coefficient (Wildman–Crippen LogP) is 2.38. The molecule has 88 valence electrons. The molecule has 0 aromatic carbocycles. The summed E-state index contributed by atoms with van der Waals surface area (Å²) in [6, 6.07) is 1.52. The number of hydrogen-bond donors (Lipinski definition) is 1. The van der Waals surface area contributed by atoms with Gasteiger partial charge in [-0.3, -0.25) is 4.90 Å². The van der Waals surface area contributed by atoms with Crippen molar-refractivity contribution in [1.82, 2.24) is 4.90 Å². The van der Waals surface area contributed by atoms with Crippen LogP contribution >= 0.6 is 0 Å². The van der Waals surface area contributed by atoms with Crippen molar-refractivity contribution in [2.45, 2.75) is 64.0 Å². The lowest BCUT2D eigenvalue weighted by Crippen LogP contribution is -2.52. The van der Waals surface area contributed by atoms with Crippen LogP contribution in [0.3, 0.4) is 0 Å². The van der Waals surface area contributed by atoms with Gasteiger partial charge in [0.1, 0.15) is 0 Å². The Morgan fingerprint density at radius 1 is 1.07 bits per heavy atom. The number of rotatable bonds is 2. The maximum absolute atomic E-state index is 5.90. The minimum Gasteiger partial charge on any atom is -0.329 e. The minimum absolute atomic E-state index is 0.685. The number of nitrogens with zero attached hydrogens (tertiary/aromatic N) is 1. The highest BCUT2D eigenvalue weighted by molar-refractivity contribution is 4.87. The molecule has 2 heteroatoms. The van der Waals surface area contributed by atoms with E-state index in [0.717, 1.165) is 18.5 Å². The molecule has 3 atom stereocenters. The van der Waals surface area contributed by atoms with Gasteiger partial charge < -0.3 is 5.73 Å². The van der Waals surface area contributed by atoms with E-state index in [2.05, 4.69) is 11.8 Å².